The molecule has 258 valence electrons. The number of thiophene rings is 1. The summed E-state index contributed by atoms with van der Waals surface area (Å²) in [6.07, 6.45) is 0. The Morgan fingerprint density at radius 1 is 0.382 bits per heavy atom. The molecule has 0 N–H and O–H groups in total. The number of fused-ring (bicyclic) bond motifs is 8. The monoisotopic (exact) mass is 719 g/mol. The van der Waals surface area contributed by atoms with Gasteiger partial charge in [0.05, 0.1) is 0 Å². The van der Waals surface area contributed by atoms with Crippen molar-refractivity contribution in [3.63, 3.8) is 0 Å². The van der Waals surface area contributed by atoms with Crippen LogP contribution >= 0.6 is 11.3 Å². The van der Waals surface area contributed by atoms with Crippen molar-refractivity contribution in [2.24, 2.45) is 0 Å². The van der Waals surface area contributed by atoms with Crippen LogP contribution in [0.4, 0.5) is 17.1 Å². The molecule has 0 atom stereocenters. The minimum Gasteiger partial charge on any atom is -0.455 e. The van der Waals surface area contributed by atoms with Crippen LogP contribution in [0.25, 0.3) is 86.3 Å². The molecule has 0 aliphatic carbocycles. The molecule has 0 aliphatic heterocycles. The summed E-state index contributed by atoms with van der Waals surface area (Å²) in [7, 11) is 0. The Hall–Kier alpha value is -6.94. The second-order valence-corrected chi connectivity index (χ2v) is 15.1. The fourth-order valence-corrected chi connectivity index (χ4v) is 9.46. The summed E-state index contributed by atoms with van der Waals surface area (Å²) in [5.41, 5.74) is 12.2. The number of hydrogen-bond acceptors (Lipinski definition) is 3. The molecule has 0 radical (unpaired) electrons. The fraction of sp³-hybridized carbons (Fsp3) is 0. The average molecular weight is 720 g/mol. The topological polar surface area (TPSA) is 16.4 Å². The molecular formula is C52H33NOS. The van der Waals surface area contributed by atoms with Crippen molar-refractivity contribution in [2.45, 2.75) is 0 Å². The highest BCUT2D eigenvalue weighted by Gasteiger charge is 2.20. The summed E-state index contributed by atoms with van der Waals surface area (Å²) in [6, 6.07) is 72.0. The lowest BCUT2D eigenvalue weighted by Gasteiger charge is -2.26. The van der Waals surface area contributed by atoms with E-state index < -0.39 is 0 Å². The van der Waals surface area contributed by atoms with Crippen molar-refractivity contribution in [1.82, 2.24) is 0 Å². The molecule has 3 heteroatoms. The molecule has 9 aromatic carbocycles. The number of anilines is 3. The molecule has 11 rings (SSSR count). The zero-order valence-corrected chi connectivity index (χ0v) is 30.6. The fourth-order valence-electron chi connectivity index (χ4n) is 8.22. The molecule has 0 bridgehead atoms. The van der Waals surface area contributed by atoms with Crippen LogP contribution in [0.2, 0.25) is 0 Å². The Kier molecular flexibility index (Phi) is 7.39. The third kappa shape index (κ3) is 5.32. The van der Waals surface area contributed by atoms with Gasteiger partial charge in [-0.1, -0.05) is 146 Å². The smallest absolute Gasteiger partial charge is 0.144 e. The zero-order valence-electron chi connectivity index (χ0n) is 29.8. The lowest BCUT2D eigenvalue weighted by atomic mass is 9.97. The van der Waals surface area contributed by atoms with Crippen molar-refractivity contribution in [1.29, 1.82) is 0 Å². The Bertz CT molecular complexity index is 3170. The van der Waals surface area contributed by atoms with Crippen LogP contribution < -0.4 is 4.90 Å². The summed E-state index contributed by atoms with van der Waals surface area (Å²) in [5.74, 6) is 0. The van der Waals surface area contributed by atoms with Crippen LogP contribution in [0.5, 0.6) is 0 Å². The number of benzene rings is 9. The molecule has 2 heterocycles. The molecule has 55 heavy (non-hydrogen) atoms. The first-order chi connectivity index (χ1) is 27.3. The van der Waals surface area contributed by atoms with Gasteiger partial charge in [0.2, 0.25) is 0 Å². The second kappa shape index (κ2) is 12.9. The highest BCUT2D eigenvalue weighted by molar-refractivity contribution is 7.26. The van der Waals surface area contributed by atoms with E-state index in [2.05, 4.69) is 205 Å². The van der Waals surface area contributed by atoms with E-state index in [4.69, 9.17) is 4.42 Å². The molecule has 2 nitrogen and oxygen atoms in total. The number of nitrogens with zero attached hydrogens (tertiary/aromatic N) is 1. The van der Waals surface area contributed by atoms with E-state index in [0.29, 0.717) is 0 Å². The molecule has 0 spiro atoms. The Morgan fingerprint density at radius 3 is 1.65 bits per heavy atom. The first-order valence-electron chi connectivity index (χ1n) is 18.7. The van der Waals surface area contributed by atoms with Gasteiger partial charge < -0.3 is 9.32 Å². The second-order valence-electron chi connectivity index (χ2n) is 14.1. The van der Waals surface area contributed by atoms with Crippen LogP contribution in [0.15, 0.2) is 205 Å². The molecule has 0 unspecified atom stereocenters. The lowest BCUT2D eigenvalue weighted by molar-refractivity contribution is 0.670. The van der Waals surface area contributed by atoms with Crippen molar-refractivity contribution in [2.75, 3.05) is 4.90 Å². The van der Waals surface area contributed by atoms with Gasteiger partial charge in [0.25, 0.3) is 0 Å². The highest BCUT2D eigenvalue weighted by Crippen LogP contribution is 2.47. The van der Waals surface area contributed by atoms with E-state index in [-0.39, 0.29) is 0 Å². The molecule has 0 saturated heterocycles. The third-order valence-corrected chi connectivity index (χ3v) is 12.1. The maximum atomic E-state index is 6.68. The normalized spacial score (nSPS) is 11.6. The van der Waals surface area contributed by atoms with Crippen molar-refractivity contribution >= 4 is 81.3 Å². The molecule has 11 aromatic rings. The van der Waals surface area contributed by atoms with Crippen LogP contribution in [-0.2, 0) is 0 Å². The van der Waals surface area contributed by atoms with Gasteiger partial charge in [-0.3, -0.25) is 0 Å². The maximum Gasteiger partial charge on any atom is 0.144 e. The van der Waals surface area contributed by atoms with Crippen LogP contribution in [0, 0.1) is 0 Å². The standard InChI is InChI=1S/C52H33NOS/c1-2-11-34(12-3-1)35-21-27-39(28-22-35)53(40-29-23-37(24-30-40)43-18-10-14-36-13-4-5-15-42(36)43)41-31-25-38(26-32-41)46-33-47-44-16-7-9-20-49(44)55-52(47)50-45-17-6-8-19-48(45)54-51(46)50/h1-33H. The van der Waals surface area contributed by atoms with Gasteiger partial charge in [-0.25, -0.2) is 0 Å². The van der Waals surface area contributed by atoms with Gasteiger partial charge in [-0.15, -0.1) is 11.3 Å². The molecule has 0 saturated carbocycles. The Morgan fingerprint density at radius 2 is 0.927 bits per heavy atom. The maximum absolute atomic E-state index is 6.68. The van der Waals surface area contributed by atoms with E-state index in [9.17, 15) is 0 Å². The van der Waals surface area contributed by atoms with E-state index in [0.717, 1.165) is 44.7 Å². The Balaban J connectivity index is 1.04. The first-order valence-corrected chi connectivity index (χ1v) is 19.5. The predicted octanol–water partition coefficient (Wildman–Crippen LogP) is 15.6. The van der Waals surface area contributed by atoms with Crippen LogP contribution in [0.3, 0.4) is 0 Å². The summed E-state index contributed by atoms with van der Waals surface area (Å²) >= 11 is 1.85. The summed E-state index contributed by atoms with van der Waals surface area (Å²) in [6.45, 7) is 0. The van der Waals surface area contributed by atoms with Gasteiger partial charge in [-0.05, 0) is 93.2 Å². The zero-order chi connectivity index (χ0) is 36.3. The highest BCUT2D eigenvalue weighted by atomic mass is 32.1. The average Bonchev–Trinajstić information content (AvgIpc) is 3.83. The largest absolute Gasteiger partial charge is 0.455 e. The van der Waals surface area contributed by atoms with Gasteiger partial charge in [-0.2, -0.15) is 0 Å². The van der Waals surface area contributed by atoms with Gasteiger partial charge >= 0.3 is 0 Å². The number of rotatable bonds is 6. The van der Waals surface area contributed by atoms with Crippen molar-refractivity contribution < 1.29 is 4.42 Å². The molecule has 0 fully saturated rings. The number of hydrogen-bond donors (Lipinski definition) is 0. The van der Waals surface area contributed by atoms with E-state index in [1.54, 1.807) is 0 Å². The molecular weight excluding hydrogens is 687 g/mol. The number of furan rings is 1. The molecule has 2 aromatic heterocycles. The van der Waals surface area contributed by atoms with Crippen LogP contribution in [-0.4, -0.2) is 0 Å². The summed E-state index contributed by atoms with van der Waals surface area (Å²) in [5, 5.41) is 7.41. The first kappa shape index (κ1) is 31.6. The third-order valence-electron chi connectivity index (χ3n) is 10.9. The SMILES string of the molecule is c1ccc(-c2ccc(N(c3ccc(-c4cccc5ccccc45)cc3)c3ccc(-c4cc5c6ccccc6sc5c5c4oc4ccccc45)cc3)cc2)cc1. The quantitative estimate of drug-likeness (QED) is 0.170. The van der Waals surface area contributed by atoms with Crippen LogP contribution in [0.1, 0.15) is 0 Å². The van der Waals surface area contributed by atoms with Gasteiger partial charge in [0, 0.05) is 53.6 Å². The summed E-state index contributed by atoms with van der Waals surface area (Å²) in [4.78, 5) is 2.35. The van der Waals surface area contributed by atoms with Crippen molar-refractivity contribution in [3.8, 4) is 33.4 Å². The Labute approximate surface area is 322 Å². The van der Waals surface area contributed by atoms with Gasteiger partial charge in [0.15, 0.2) is 0 Å². The molecule has 0 amide bonds. The van der Waals surface area contributed by atoms with E-state index >= 15 is 0 Å². The molecule has 0 aliphatic rings. The lowest BCUT2D eigenvalue weighted by Crippen LogP contribution is -2.09. The predicted molar refractivity (Wildman–Crippen MR) is 235 cm³/mol. The van der Waals surface area contributed by atoms with E-state index in [1.165, 1.54) is 58.6 Å². The minimum absolute atomic E-state index is 0.914. The number of para-hydroxylation sites is 1. The summed E-state index contributed by atoms with van der Waals surface area (Å²) < 4.78 is 9.24. The van der Waals surface area contributed by atoms with Gasteiger partial charge in [0.1, 0.15) is 11.2 Å². The van der Waals surface area contributed by atoms with E-state index in [1.807, 2.05) is 11.3 Å². The minimum atomic E-state index is 0.914. The van der Waals surface area contributed by atoms with Crippen molar-refractivity contribution in [3.05, 3.63) is 200 Å².